The summed E-state index contributed by atoms with van der Waals surface area (Å²) in [5, 5.41) is 15.0. The van der Waals surface area contributed by atoms with Crippen LogP contribution in [-0.4, -0.2) is 46.7 Å². The van der Waals surface area contributed by atoms with Gasteiger partial charge in [-0.05, 0) is 68.9 Å². The number of hydrogen-bond donors (Lipinski definition) is 3. The van der Waals surface area contributed by atoms with E-state index in [-0.39, 0.29) is 10.7 Å². The number of carbonyl (C=O) groups is 2. The molecule has 3 N–H and O–H groups in total. The van der Waals surface area contributed by atoms with Crippen LogP contribution in [0.2, 0.25) is 5.02 Å². The van der Waals surface area contributed by atoms with E-state index >= 15 is 0 Å². The molecule has 0 aliphatic heterocycles. The minimum atomic E-state index is -1.09. The number of ether oxygens (including phenoxy) is 1. The molecule has 1 atom stereocenters. The first-order chi connectivity index (χ1) is 19.4. The first-order valence-corrected chi connectivity index (χ1v) is 15.1. The third-order valence-electron chi connectivity index (χ3n) is 7.55. The van der Waals surface area contributed by atoms with Gasteiger partial charge in [0.2, 0.25) is 0 Å². The number of carbonyl (C=O) groups excluding carboxylic acids is 1. The molecular weight excluding hydrogens is 545 g/mol. The molecule has 3 rings (SSSR count). The second-order valence-corrected chi connectivity index (χ2v) is 11.4. The molecule has 2 aliphatic rings. The van der Waals surface area contributed by atoms with Crippen molar-refractivity contribution in [1.82, 2.24) is 10.2 Å². The number of aliphatic carboxylic acids is 1. The molecule has 9 heteroatoms. The van der Waals surface area contributed by atoms with E-state index < -0.39 is 30.0 Å². The first-order valence-electron chi connectivity index (χ1n) is 14.7. The molecule has 41 heavy (non-hydrogen) atoms. The standard InChI is InChI=1S/C30H41ClFN3O4.C2H6/c1-6-20(4)24-15-23(39-18-28(36)37)16-27(34-29(38)33-26-13-12-21(31)14-25(26)32)30(24,5)35(17-19(2)3)22-10-8-7-9-11-22;1-2/h12-16,19,22H,6-11,17-18H2,1-5H3,(H,36,37)(H2,33,34,38);1-2H3/b24-20-;. The number of anilines is 1. The Kier molecular flexibility index (Phi) is 13.4. The van der Waals surface area contributed by atoms with Crippen molar-refractivity contribution in [1.29, 1.82) is 0 Å². The van der Waals surface area contributed by atoms with Crippen molar-refractivity contribution in [3.05, 3.63) is 63.8 Å². The van der Waals surface area contributed by atoms with E-state index in [4.69, 9.17) is 16.3 Å². The number of hydrogen-bond acceptors (Lipinski definition) is 4. The maximum Gasteiger partial charge on any atom is 0.341 e. The van der Waals surface area contributed by atoms with E-state index in [0.29, 0.717) is 23.4 Å². The van der Waals surface area contributed by atoms with Crippen LogP contribution in [0.4, 0.5) is 14.9 Å². The van der Waals surface area contributed by atoms with Crippen LogP contribution in [0.25, 0.3) is 0 Å². The van der Waals surface area contributed by atoms with Crippen molar-refractivity contribution in [3.8, 4) is 0 Å². The molecule has 0 spiro atoms. The van der Waals surface area contributed by atoms with Crippen LogP contribution in [0.1, 0.15) is 87.0 Å². The topological polar surface area (TPSA) is 90.9 Å². The van der Waals surface area contributed by atoms with E-state index in [0.717, 1.165) is 55.9 Å². The van der Waals surface area contributed by atoms with Gasteiger partial charge in [0.15, 0.2) is 6.61 Å². The maximum absolute atomic E-state index is 14.5. The molecule has 0 heterocycles. The number of urea groups is 1. The van der Waals surface area contributed by atoms with Crippen LogP contribution in [-0.2, 0) is 9.53 Å². The second kappa shape index (κ2) is 16.0. The summed E-state index contributed by atoms with van der Waals surface area (Å²) in [5.74, 6) is -1.03. The Hall–Kier alpha value is -2.84. The molecule has 1 unspecified atom stereocenters. The fourth-order valence-electron chi connectivity index (χ4n) is 5.53. The summed E-state index contributed by atoms with van der Waals surface area (Å²) in [6.07, 6.45) is 9.99. The highest BCUT2D eigenvalue weighted by atomic mass is 35.5. The molecule has 1 aromatic carbocycles. The lowest BCUT2D eigenvalue weighted by molar-refractivity contribution is -0.140. The summed E-state index contributed by atoms with van der Waals surface area (Å²) in [5.41, 5.74) is 1.88. The van der Waals surface area contributed by atoms with Crippen molar-refractivity contribution in [2.75, 3.05) is 18.5 Å². The Balaban J connectivity index is 0.00000287. The fourth-order valence-corrected chi connectivity index (χ4v) is 5.69. The monoisotopic (exact) mass is 591 g/mol. The van der Waals surface area contributed by atoms with E-state index in [1.165, 1.54) is 18.6 Å². The number of carboxylic acids is 1. The van der Waals surface area contributed by atoms with Gasteiger partial charge < -0.3 is 20.5 Å². The maximum atomic E-state index is 14.5. The molecule has 2 amide bonds. The zero-order valence-electron chi connectivity index (χ0n) is 25.6. The number of carboxylic acid groups (broad SMARTS) is 1. The molecular formula is C32H47ClFN3O4. The number of allylic oxidation sites excluding steroid dienone is 2. The van der Waals surface area contributed by atoms with Crippen molar-refractivity contribution in [2.24, 2.45) is 5.92 Å². The zero-order chi connectivity index (χ0) is 30.7. The van der Waals surface area contributed by atoms with E-state index in [1.54, 1.807) is 6.08 Å². The highest BCUT2D eigenvalue weighted by molar-refractivity contribution is 6.30. The Morgan fingerprint density at radius 1 is 1.17 bits per heavy atom. The van der Waals surface area contributed by atoms with E-state index in [9.17, 15) is 19.1 Å². The fraction of sp³-hybridized carbons (Fsp3) is 0.562. The molecule has 2 aliphatic carbocycles. The highest BCUT2D eigenvalue weighted by Crippen LogP contribution is 2.43. The lowest BCUT2D eigenvalue weighted by Crippen LogP contribution is -2.59. The van der Waals surface area contributed by atoms with Gasteiger partial charge in [-0.2, -0.15) is 0 Å². The average Bonchev–Trinajstić information content (AvgIpc) is 2.94. The number of benzene rings is 1. The first kappa shape index (κ1) is 34.4. The van der Waals surface area contributed by atoms with Gasteiger partial charge in [0.25, 0.3) is 0 Å². The van der Waals surface area contributed by atoms with Crippen LogP contribution in [0.15, 0.2) is 53.0 Å². The Labute approximate surface area is 249 Å². The van der Waals surface area contributed by atoms with Gasteiger partial charge in [0, 0.05) is 29.4 Å². The summed E-state index contributed by atoms with van der Waals surface area (Å²) in [6.45, 7) is 14.9. The Morgan fingerprint density at radius 2 is 1.83 bits per heavy atom. The molecule has 1 saturated carbocycles. The summed E-state index contributed by atoms with van der Waals surface area (Å²) < 4.78 is 20.1. The smallest absolute Gasteiger partial charge is 0.341 e. The Morgan fingerprint density at radius 3 is 2.39 bits per heavy atom. The van der Waals surface area contributed by atoms with E-state index in [1.807, 2.05) is 19.9 Å². The van der Waals surface area contributed by atoms with Crippen molar-refractivity contribution >= 4 is 29.3 Å². The third-order valence-corrected chi connectivity index (χ3v) is 7.79. The lowest BCUT2D eigenvalue weighted by atomic mass is 9.76. The van der Waals surface area contributed by atoms with E-state index in [2.05, 4.69) is 50.2 Å². The van der Waals surface area contributed by atoms with Crippen LogP contribution in [0.3, 0.4) is 0 Å². The second-order valence-electron chi connectivity index (χ2n) is 10.9. The molecule has 0 saturated heterocycles. The summed E-state index contributed by atoms with van der Waals surface area (Å²) in [7, 11) is 0. The average molecular weight is 592 g/mol. The van der Waals surface area contributed by atoms with Crippen LogP contribution >= 0.6 is 11.6 Å². The van der Waals surface area contributed by atoms with Crippen molar-refractivity contribution in [3.63, 3.8) is 0 Å². The number of nitrogens with one attached hydrogen (secondary N) is 2. The molecule has 7 nitrogen and oxygen atoms in total. The van der Waals surface area contributed by atoms with Gasteiger partial charge in [-0.3, -0.25) is 4.90 Å². The molecule has 0 bridgehead atoms. The molecule has 1 fully saturated rings. The summed E-state index contributed by atoms with van der Waals surface area (Å²) in [6, 6.07) is 3.74. The van der Waals surface area contributed by atoms with Crippen molar-refractivity contribution < 1.29 is 23.8 Å². The Bertz CT molecular complexity index is 1160. The highest BCUT2D eigenvalue weighted by Gasteiger charge is 2.45. The largest absolute Gasteiger partial charge is 0.482 e. The van der Waals surface area contributed by atoms with Gasteiger partial charge in [-0.25, -0.2) is 14.0 Å². The quantitative estimate of drug-likeness (QED) is 0.255. The molecule has 1 aromatic rings. The lowest BCUT2D eigenvalue weighted by Gasteiger charge is -2.51. The van der Waals surface area contributed by atoms with Crippen LogP contribution in [0.5, 0.6) is 0 Å². The third kappa shape index (κ3) is 9.07. The van der Waals surface area contributed by atoms with Gasteiger partial charge in [-0.15, -0.1) is 0 Å². The number of halogens is 2. The van der Waals surface area contributed by atoms with Gasteiger partial charge in [0.1, 0.15) is 11.6 Å². The SMILES string of the molecule is CC.CC/C(C)=C1/C=C(OCC(=O)O)C=C(NC(=O)Nc2ccc(Cl)cc2F)C1(C)N(CC(C)C)C1CCCCC1. The zero-order valence-corrected chi connectivity index (χ0v) is 26.3. The molecule has 0 radical (unpaired) electrons. The van der Waals surface area contributed by atoms with Gasteiger partial charge in [0.05, 0.1) is 11.2 Å². The normalized spacial score (nSPS) is 20.5. The van der Waals surface area contributed by atoms with Gasteiger partial charge >= 0.3 is 12.0 Å². The summed E-state index contributed by atoms with van der Waals surface area (Å²) in [4.78, 5) is 27.1. The minimum absolute atomic E-state index is 0.000253. The van der Waals surface area contributed by atoms with Crippen molar-refractivity contribution in [2.45, 2.75) is 98.6 Å². The number of amides is 2. The summed E-state index contributed by atoms with van der Waals surface area (Å²) >= 11 is 5.87. The number of nitrogens with zero attached hydrogens (tertiary/aromatic N) is 1. The van der Waals surface area contributed by atoms with Crippen LogP contribution < -0.4 is 10.6 Å². The predicted octanol–water partition coefficient (Wildman–Crippen LogP) is 8.29. The molecule has 228 valence electrons. The molecule has 0 aromatic heterocycles. The minimum Gasteiger partial charge on any atom is -0.482 e. The van der Waals surface area contributed by atoms with Gasteiger partial charge in [-0.1, -0.05) is 71.1 Å². The number of rotatable bonds is 10. The van der Waals surface area contributed by atoms with Crippen LogP contribution in [0, 0.1) is 11.7 Å². The predicted molar refractivity (Wildman–Crippen MR) is 164 cm³/mol.